The van der Waals surface area contributed by atoms with E-state index in [1.54, 1.807) is 11.3 Å². The molecule has 1 aliphatic rings. The van der Waals surface area contributed by atoms with Gasteiger partial charge in [-0.3, -0.25) is 0 Å². The minimum atomic E-state index is 0.855. The molecule has 0 spiro atoms. The average Bonchev–Trinajstić information content (AvgIpc) is 2.69. The molecule has 0 bridgehead atoms. The summed E-state index contributed by atoms with van der Waals surface area (Å²) in [5, 5.41) is 4.25. The van der Waals surface area contributed by atoms with Gasteiger partial charge in [0, 0.05) is 13.1 Å². The average molecular weight is 195 g/mol. The lowest BCUT2D eigenvalue weighted by Gasteiger charge is -2.24. The summed E-state index contributed by atoms with van der Waals surface area (Å²) in [6, 6.07) is 2.13. The van der Waals surface area contributed by atoms with Crippen molar-refractivity contribution in [3.8, 4) is 0 Å². The van der Waals surface area contributed by atoms with E-state index >= 15 is 0 Å². The SMILES string of the molecule is C(=CN1CCOCC1)c1ccsc1. The van der Waals surface area contributed by atoms with Crippen LogP contribution in [-0.4, -0.2) is 31.2 Å². The molecule has 1 aliphatic heterocycles. The van der Waals surface area contributed by atoms with Gasteiger partial charge in [0.2, 0.25) is 0 Å². The highest BCUT2D eigenvalue weighted by molar-refractivity contribution is 7.08. The maximum atomic E-state index is 5.26. The third-order valence-corrected chi connectivity index (χ3v) is 2.77. The largest absolute Gasteiger partial charge is 0.378 e. The summed E-state index contributed by atoms with van der Waals surface area (Å²) < 4.78 is 5.26. The summed E-state index contributed by atoms with van der Waals surface area (Å²) in [5.41, 5.74) is 1.29. The third kappa shape index (κ3) is 2.57. The van der Waals surface area contributed by atoms with E-state index in [2.05, 4.69) is 34.0 Å². The lowest BCUT2D eigenvalue weighted by molar-refractivity contribution is 0.0597. The van der Waals surface area contributed by atoms with Crippen molar-refractivity contribution in [2.75, 3.05) is 26.3 Å². The molecule has 0 aliphatic carbocycles. The topological polar surface area (TPSA) is 12.5 Å². The molecule has 0 N–H and O–H groups in total. The zero-order valence-corrected chi connectivity index (χ0v) is 8.30. The predicted octanol–water partition coefficient (Wildman–Crippen LogP) is 2.05. The summed E-state index contributed by atoms with van der Waals surface area (Å²) in [5.74, 6) is 0. The normalized spacial score (nSPS) is 18.3. The lowest BCUT2D eigenvalue weighted by atomic mass is 10.3. The van der Waals surface area contributed by atoms with E-state index in [0.717, 1.165) is 26.3 Å². The monoisotopic (exact) mass is 195 g/mol. The number of nitrogens with zero attached hydrogens (tertiary/aromatic N) is 1. The second-order valence-electron chi connectivity index (χ2n) is 3.02. The molecule has 2 rings (SSSR count). The van der Waals surface area contributed by atoms with Gasteiger partial charge in [0.05, 0.1) is 13.2 Å². The molecule has 1 fully saturated rings. The Kier molecular flexibility index (Phi) is 3.00. The van der Waals surface area contributed by atoms with E-state index in [0.29, 0.717) is 0 Å². The van der Waals surface area contributed by atoms with Crippen LogP contribution < -0.4 is 0 Å². The van der Waals surface area contributed by atoms with Crippen molar-refractivity contribution in [2.45, 2.75) is 0 Å². The van der Waals surface area contributed by atoms with Crippen LogP contribution >= 0.6 is 11.3 Å². The Morgan fingerprint density at radius 2 is 2.23 bits per heavy atom. The minimum Gasteiger partial charge on any atom is -0.378 e. The van der Waals surface area contributed by atoms with Gasteiger partial charge in [-0.05, 0) is 34.7 Å². The summed E-state index contributed by atoms with van der Waals surface area (Å²) in [4.78, 5) is 2.29. The summed E-state index contributed by atoms with van der Waals surface area (Å²) in [7, 11) is 0. The Hall–Kier alpha value is -0.800. The van der Waals surface area contributed by atoms with Crippen molar-refractivity contribution in [3.05, 3.63) is 28.6 Å². The number of thiophene rings is 1. The Labute approximate surface area is 82.4 Å². The standard InChI is InChI=1S/C10H13NOS/c1(10-2-8-13-9-10)3-11-4-6-12-7-5-11/h1-3,8-9H,4-7H2. The molecular weight excluding hydrogens is 182 g/mol. The molecule has 1 aromatic rings. The van der Waals surface area contributed by atoms with Crippen molar-refractivity contribution in [1.29, 1.82) is 0 Å². The second kappa shape index (κ2) is 4.44. The Morgan fingerprint density at radius 3 is 2.92 bits per heavy atom. The fraction of sp³-hybridized carbons (Fsp3) is 0.400. The van der Waals surface area contributed by atoms with Crippen molar-refractivity contribution in [3.63, 3.8) is 0 Å². The molecule has 70 valence electrons. The van der Waals surface area contributed by atoms with Crippen LogP contribution in [0.2, 0.25) is 0 Å². The van der Waals surface area contributed by atoms with Crippen LogP contribution in [0.5, 0.6) is 0 Å². The molecule has 0 amide bonds. The molecule has 0 radical (unpaired) electrons. The first-order chi connectivity index (χ1) is 6.45. The molecule has 1 saturated heterocycles. The molecular formula is C10H13NOS. The first-order valence-electron chi connectivity index (χ1n) is 4.47. The minimum absolute atomic E-state index is 0.855. The molecule has 3 heteroatoms. The zero-order valence-electron chi connectivity index (χ0n) is 7.48. The van der Waals surface area contributed by atoms with Crippen LogP contribution in [0.4, 0.5) is 0 Å². The van der Waals surface area contributed by atoms with Gasteiger partial charge in [-0.1, -0.05) is 0 Å². The number of hydrogen-bond acceptors (Lipinski definition) is 3. The highest BCUT2D eigenvalue weighted by atomic mass is 32.1. The smallest absolute Gasteiger partial charge is 0.0642 e. The van der Waals surface area contributed by atoms with E-state index in [-0.39, 0.29) is 0 Å². The molecule has 1 aromatic heterocycles. The zero-order chi connectivity index (χ0) is 8.93. The summed E-state index contributed by atoms with van der Waals surface area (Å²) in [6.07, 6.45) is 4.31. The van der Waals surface area contributed by atoms with Gasteiger partial charge in [-0.15, -0.1) is 0 Å². The van der Waals surface area contributed by atoms with Crippen molar-refractivity contribution in [2.24, 2.45) is 0 Å². The van der Waals surface area contributed by atoms with Crippen molar-refractivity contribution < 1.29 is 4.74 Å². The quantitative estimate of drug-likeness (QED) is 0.716. The number of rotatable bonds is 2. The van der Waals surface area contributed by atoms with Crippen molar-refractivity contribution >= 4 is 17.4 Å². The van der Waals surface area contributed by atoms with E-state index in [1.165, 1.54) is 5.56 Å². The Morgan fingerprint density at radius 1 is 1.38 bits per heavy atom. The first kappa shape index (κ1) is 8.78. The van der Waals surface area contributed by atoms with Gasteiger partial charge in [-0.2, -0.15) is 11.3 Å². The summed E-state index contributed by atoms with van der Waals surface area (Å²) in [6.45, 7) is 3.74. The molecule has 0 atom stereocenters. The first-order valence-corrected chi connectivity index (χ1v) is 5.41. The van der Waals surface area contributed by atoms with Crippen LogP contribution in [0, 0.1) is 0 Å². The molecule has 2 heterocycles. The molecule has 0 saturated carbocycles. The molecule has 0 unspecified atom stereocenters. The van der Waals surface area contributed by atoms with Gasteiger partial charge in [0.1, 0.15) is 0 Å². The second-order valence-corrected chi connectivity index (χ2v) is 3.80. The molecule has 0 aromatic carbocycles. The van der Waals surface area contributed by atoms with Gasteiger partial charge >= 0.3 is 0 Å². The Bertz CT molecular complexity index is 262. The van der Waals surface area contributed by atoms with E-state index in [1.807, 2.05) is 0 Å². The highest BCUT2D eigenvalue weighted by Crippen LogP contribution is 2.08. The van der Waals surface area contributed by atoms with Gasteiger partial charge in [0.15, 0.2) is 0 Å². The Balaban J connectivity index is 1.89. The van der Waals surface area contributed by atoms with E-state index in [9.17, 15) is 0 Å². The summed E-state index contributed by atoms with van der Waals surface area (Å²) >= 11 is 1.73. The highest BCUT2D eigenvalue weighted by Gasteiger charge is 2.04. The van der Waals surface area contributed by atoms with Crippen LogP contribution in [0.15, 0.2) is 23.0 Å². The maximum Gasteiger partial charge on any atom is 0.0642 e. The number of morpholine rings is 1. The number of ether oxygens (including phenoxy) is 1. The van der Waals surface area contributed by atoms with E-state index < -0.39 is 0 Å². The lowest BCUT2D eigenvalue weighted by Crippen LogP contribution is -2.31. The van der Waals surface area contributed by atoms with Crippen LogP contribution in [0.25, 0.3) is 6.08 Å². The fourth-order valence-corrected chi connectivity index (χ4v) is 1.92. The fourth-order valence-electron chi connectivity index (χ4n) is 1.29. The molecule has 13 heavy (non-hydrogen) atoms. The predicted molar refractivity (Wildman–Crippen MR) is 55.7 cm³/mol. The third-order valence-electron chi connectivity index (χ3n) is 2.07. The van der Waals surface area contributed by atoms with Crippen LogP contribution in [0.1, 0.15) is 5.56 Å². The van der Waals surface area contributed by atoms with Crippen LogP contribution in [-0.2, 0) is 4.74 Å². The van der Waals surface area contributed by atoms with Gasteiger partial charge in [-0.25, -0.2) is 0 Å². The maximum absolute atomic E-state index is 5.26. The molecule has 2 nitrogen and oxygen atoms in total. The van der Waals surface area contributed by atoms with Gasteiger partial charge < -0.3 is 9.64 Å². The van der Waals surface area contributed by atoms with Crippen molar-refractivity contribution in [1.82, 2.24) is 4.90 Å². The van der Waals surface area contributed by atoms with E-state index in [4.69, 9.17) is 4.74 Å². The van der Waals surface area contributed by atoms with Crippen LogP contribution in [0.3, 0.4) is 0 Å². The van der Waals surface area contributed by atoms with Gasteiger partial charge in [0.25, 0.3) is 0 Å². The number of hydrogen-bond donors (Lipinski definition) is 0.